The van der Waals surface area contributed by atoms with E-state index < -0.39 is 5.97 Å². The molecule has 1 N–H and O–H groups in total. The zero-order valence-corrected chi connectivity index (χ0v) is 7.92. The Kier molecular flexibility index (Phi) is 3.87. The van der Waals surface area contributed by atoms with Gasteiger partial charge >= 0.3 is 5.97 Å². The number of hydrogen-bond acceptors (Lipinski definition) is 2. The van der Waals surface area contributed by atoms with Crippen LogP contribution >= 0.6 is 0 Å². The molecule has 0 bridgehead atoms. The van der Waals surface area contributed by atoms with Gasteiger partial charge in [0, 0.05) is 0 Å². The summed E-state index contributed by atoms with van der Waals surface area (Å²) in [4.78, 5) is 10.4. The minimum absolute atomic E-state index is 0.276. The van der Waals surface area contributed by atoms with E-state index in [9.17, 15) is 4.79 Å². The maximum atomic E-state index is 10.4. The highest BCUT2D eigenvalue weighted by atomic mass is 16.4. The number of carbonyl (C=O) groups is 1. The van der Waals surface area contributed by atoms with E-state index in [4.69, 9.17) is 10.4 Å². The zero-order chi connectivity index (χ0) is 11.1. The van der Waals surface area contributed by atoms with Crippen LogP contribution < -0.4 is 0 Å². The van der Waals surface area contributed by atoms with Gasteiger partial charge in [0.2, 0.25) is 0 Å². The standard InChI is InChI=1S/C12H9NO2/c13-9-11(12(14)15)8-4-7-10-5-2-1-3-6-10/h1-8H,(H,14,15)/b7-4-,11-8+. The Morgan fingerprint density at radius 1 is 1.33 bits per heavy atom. The Morgan fingerprint density at radius 3 is 2.53 bits per heavy atom. The molecule has 0 aliphatic carbocycles. The van der Waals surface area contributed by atoms with Crippen LogP contribution in [0.25, 0.3) is 6.08 Å². The van der Waals surface area contributed by atoms with Crippen LogP contribution in [0.3, 0.4) is 0 Å². The SMILES string of the molecule is N#C/C(=C\C=C/c1ccccc1)C(=O)O. The predicted octanol–water partition coefficient (Wildman–Crippen LogP) is 2.23. The molecule has 3 nitrogen and oxygen atoms in total. The third kappa shape index (κ3) is 3.49. The molecular formula is C12H9NO2. The number of hydrogen-bond donors (Lipinski definition) is 1. The lowest BCUT2D eigenvalue weighted by Gasteiger charge is -1.89. The van der Waals surface area contributed by atoms with Crippen molar-refractivity contribution in [3.8, 4) is 6.07 Å². The van der Waals surface area contributed by atoms with Crippen LogP contribution in [0.5, 0.6) is 0 Å². The Labute approximate surface area is 87.6 Å². The first-order chi connectivity index (χ1) is 7.24. The Bertz CT molecular complexity index is 438. The molecule has 3 heteroatoms. The summed E-state index contributed by atoms with van der Waals surface area (Å²) in [6.45, 7) is 0. The molecule has 1 aromatic carbocycles. The van der Waals surface area contributed by atoms with E-state index in [2.05, 4.69) is 0 Å². The van der Waals surface area contributed by atoms with Crippen molar-refractivity contribution in [3.63, 3.8) is 0 Å². The topological polar surface area (TPSA) is 61.1 Å². The number of benzene rings is 1. The second kappa shape index (κ2) is 5.40. The van der Waals surface area contributed by atoms with Crippen molar-refractivity contribution in [2.24, 2.45) is 0 Å². The van der Waals surface area contributed by atoms with E-state index in [-0.39, 0.29) is 5.57 Å². The van der Waals surface area contributed by atoms with Gasteiger partial charge in [0.25, 0.3) is 0 Å². The van der Waals surface area contributed by atoms with Gasteiger partial charge in [-0.05, 0) is 11.6 Å². The number of nitrogens with zero attached hydrogens (tertiary/aromatic N) is 1. The molecule has 1 rings (SSSR count). The van der Waals surface area contributed by atoms with Gasteiger partial charge in [-0.2, -0.15) is 5.26 Å². The normalized spacial score (nSPS) is 11.3. The monoisotopic (exact) mass is 199 g/mol. The molecule has 15 heavy (non-hydrogen) atoms. The number of rotatable bonds is 3. The van der Waals surface area contributed by atoms with Gasteiger partial charge in [0.05, 0.1) is 0 Å². The number of carboxylic acids is 1. The van der Waals surface area contributed by atoms with Crippen LogP contribution in [-0.4, -0.2) is 11.1 Å². The van der Waals surface area contributed by atoms with Gasteiger partial charge in [0.1, 0.15) is 11.6 Å². The predicted molar refractivity (Wildman–Crippen MR) is 56.8 cm³/mol. The second-order valence-corrected chi connectivity index (χ2v) is 2.77. The lowest BCUT2D eigenvalue weighted by molar-refractivity contribution is -0.132. The quantitative estimate of drug-likeness (QED) is 0.461. The first kappa shape index (κ1) is 10.7. The fourth-order valence-electron chi connectivity index (χ4n) is 0.976. The van der Waals surface area contributed by atoms with E-state index in [1.54, 1.807) is 18.2 Å². The Hall–Kier alpha value is -2.34. The minimum Gasteiger partial charge on any atom is -0.477 e. The summed E-state index contributed by atoms with van der Waals surface area (Å²) in [7, 11) is 0. The summed E-state index contributed by atoms with van der Waals surface area (Å²) in [5, 5.41) is 17.0. The van der Waals surface area contributed by atoms with E-state index in [1.165, 1.54) is 6.08 Å². The summed E-state index contributed by atoms with van der Waals surface area (Å²) in [6, 6.07) is 11.0. The van der Waals surface area contributed by atoms with Crippen molar-refractivity contribution >= 4 is 12.0 Å². The number of carboxylic acid groups (broad SMARTS) is 1. The molecule has 74 valence electrons. The molecule has 0 saturated heterocycles. The fraction of sp³-hybridized carbons (Fsp3) is 0. The lowest BCUT2D eigenvalue weighted by atomic mass is 10.2. The second-order valence-electron chi connectivity index (χ2n) is 2.77. The van der Waals surface area contributed by atoms with Crippen molar-refractivity contribution in [1.82, 2.24) is 0 Å². The molecule has 0 saturated carbocycles. The average Bonchev–Trinajstić information content (AvgIpc) is 2.25. The highest BCUT2D eigenvalue weighted by Crippen LogP contribution is 2.02. The maximum absolute atomic E-state index is 10.4. The van der Waals surface area contributed by atoms with Crippen LogP contribution in [0, 0.1) is 11.3 Å². The fourth-order valence-corrected chi connectivity index (χ4v) is 0.976. The molecule has 0 fully saturated rings. The minimum atomic E-state index is -1.21. The van der Waals surface area contributed by atoms with Gasteiger partial charge in [-0.15, -0.1) is 0 Å². The van der Waals surface area contributed by atoms with Crippen molar-refractivity contribution in [2.45, 2.75) is 0 Å². The Balaban J connectivity index is 2.76. The molecule has 0 spiro atoms. The van der Waals surface area contributed by atoms with Crippen LogP contribution in [0.1, 0.15) is 5.56 Å². The molecule has 0 atom stereocenters. The smallest absolute Gasteiger partial charge is 0.346 e. The molecule has 0 aromatic heterocycles. The molecule has 0 unspecified atom stereocenters. The molecule has 1 aromatic rings. The van der Waals surface area contributed by atoms with Gasteiger partial charge in [0.15, 0.2) is 0 Å². The van der Waals surface area contributed by atoms with Gasteiger partial charge in [-0.1, -0.05) is 42.5 Å². The van der Waals surface area contributed by atoms with Crippen LogP contribution in [0.15, 0.2) is 48.1 Å². The van der Waals surface area contributed by atoms with Crippen LogP contribution in [0.2, 0.25) is 0 Å². The number of allylic oxidation sites excluding steroid dienone is 2. The summed E-state index contributed by atoms with van der Waals surface area (Å²) in [5.74, 6) is -1.21. The van der Waals surface area contributed by atoms with E-state index in [0.29, 0.717) is 0 Å². The largest absolute Gasteiger partial charge is 0.477 e. The molecule has 0 amide bonds. The maximum Gasteiger partial charge on any atom is 0.346 e. The summed E-state index contributed by atoms with van der Waals surface area (Å²) in [5.41, 5.74) is 0.679. The number of aliphatic carboxylic acids is 1. The molecule has 0 aliphatic heterocycles. The average molecular weight is 199 g/mol. The molecule has 0 heterocycles. The summed E-state index contributed by atoms with van der Waals surface area (Å²) in [6.07, 6.45) is 4.55. The zero-order valence-electron chi connectivity index (χ0n) is 7.92. The van der Waals surface area contributed by atoms with Crippen molar-refractivity contribution in [1.29, 1.82) is 5.26 Å². The first-order valence-electron chi connectivity index (χ1n) is 4.31. The Morgan fingerprint density at radius 2 is 2.00 bits per heavy atom. The van der Waals surface area contributed by atoms with E-state index in [0.717, 1.165) is 5.56 Å². The van der Waals surface area contributed by atoms with Crippen molar-refractivity contribution in [2.75, 3.05) is 0 Å². The summed E-state index contributed by atoms with van der Waals surface area (Å²) >= 11 is 0. The van der Waals surface area contributed by atoms with Gasteiger partial charge in [-0.25, -0.2) is 4.79 Å². The van der Waals surface area contributed by atoms with Crippen molar-refractivity contribution < 1.29 is 9.90 Å². The first-order valence-corrected chi connectivity index (χ1v) is 4.31. The summed E-state index contributed by atoms with van der Waals surface area (Å²) < 4.78 is 0. The lowest BCUT2D eigenvalue weighted by Crippen LogP contribution is -1.96. The molecule has 0 radical (unpaired) electrons. The van der Waals surface area contributed by atoms with E-state index >= 15 is 0 Å². The van der Waals surface area contributed by atoms with E-state index in [1.807, 2.05) is 30.3 Å². The number of nitriles is 1. The third-order valence-electron chi connectivity index (χ3n) is 1.70. The van der Waals surface area contributed by atoms with Crippen LogP contribution in [-0.2, 0) is 4.79 Å². The van der Waals surface area contributed by atoms with Crippen molar-refractivity contribution in [3.05, 3.63) is 53.6 Å². The van der Waals surface area contributed by atoms with Gasteiger partial charge < -0.3 is 5.11 Å². The molecular weight excluding hydrogens is 190 g/mol. The third-order valence-corrected chi connectivity index (χ3v) is 1.70. The van der Waals surface area contributed by atoms with Crippen LogP contribution in [0.4, 0.5) is 0 Å². The highest BCUT2D eigenvalue weighted by molar-refractivity contribution is 5.91. The highest BCUT2D eigenvalue weighted by Gasteiger charge is 2.02. The van der Waals surface area contributed by atoms with Gasteiger partial charge in [-0.3, -0.25) is 0 Å². The molecule has 0 aliphatic rings.